The largest absolute Gasteiger partial charge is 0.374 e. The summed E-state index contributed by atoms with van der Waals surface area (Å²) in [6.07, 6.45) is 1.89. The molecule has 28 heavy (non-hydrogen) atoms. The van der Waals surface area contributed by atoms with E-state index in [2.05, 4.69) is 21.3 Å². The molecule has 0 aromatic heterocycles. The Kier molecular flexibility index (Phi) is 6.03. The number of carbonyl (C=O) groups excluding carboxylic acids is 2. The maximum Gasteiger partial charge on any atom is 0.264 e. The third kappa shape index (κ3) is 4.70. The van der Waals surface area contributed by atoms with Crippen molar-refractivity contribution in [3.8, 4) is 11.8 Å². The van der Waals surface area contributed by atoms with Crippen molar-refractivity contribution in [2.45, 2.75) is 44.5 Å². The number of hydrogen-bond donors (Lipinski definition) is 2. The molecule has 0 aliphatic carbocycles. The second-order valence-corrected chi connectivity index (χ2v) is 8.46. The fourth-order valence-electron chi connectivity index (χ4n) is 3.33. The van der Waals surface area contributed by atoms with Gasteiger partial charge in [0.15, 0.2) is 0 Å². The van der Waals surface area contributed by atoms with Gasteiger partial charge in [-0.1, -0.05) is 17.9 Å². The molecule has 2 amide bonds. The summed E-state index contributed by atoms with van der Waals surface area (Å²) in [5.41, 5.74) is 2.03. The molecular weight excluding hydrogens is 384 g/mol. The first-order valence-electron chi connectivity index (χ1n) is 9.01. The topological polar surface area (TPSA) is 113 Å². The highest BCUT2D eigenvalue weighted by atomic mass is 32.2. The van der Waals surface area contributed by atoms with Crippen molar-refractivity contribution in [1.82, 2.24) is 10.2 Å². The van der Waals surface area contributed by atoms with Crippen LogP contribution in [0, 0.1) is 11.8 Å². The van der Waals surface area contributed by atoms with Gasteiger partial charge in [0.1, 0.15) is 12.3 Å². The molecule has 2 aliphatic rings. The van der Waals surface area contributed by atoms with Crippen molar-refractivity contribution in [2.75, 3.05) is 12.9 Å². The molecule has 1 aromatic rings. The number of hydrogen-bond acceptors (Lipinski definition) is 6. The van der Waals surface area contributed by atoms with E-state index in [1.165, 1.54) is 4.90 Å². The summed E-state index contributed by atoms with van der Waals surface area (Å²) in [6.45, 7) is 0.375. The molecule has 1 fully saturated rings. The Morgan fingerprint density at radius 3 is 2.82 bits per heavy atom. The van der Waals surface area contributed by atoms with E-state index in [-0.39, 0.29) is 18.4 Å². The zero-order valence-corrected chi connectivity index (χ0v) is 16.3. The standard InChI is InChI=1S/C19H22N2O6S/c1-28(25,26)27-11-4-2-3-6-13-7-5-8-14-15(13)12-21(19(14)24)16-9-10-17(22)20-18(16)23/h5,7-8,16-17,22H,2,4,9-12H2,1H3,(H,20,23). The van der Waals surface area contributed by atoms with Gasteiger partial charge in [0, 0.05) is 24.1 Å². The number of fused-ring (bicyclic) bond motifs is 1. The molecule has 150 valence electrons. The maximum atomic E-state index is 12.7. The van der Waals surface area contributed by atoms with Crippen LogP contribution in [0.3, 0.4) is 0 Å². The van der Waals surface area contributed by atoms with Crippen molar-refractivity contribution in [2.24, 2.45) is 0 Å². The summed E-state index contributed by atoms with van der Waals surface area (Å²) in [5, 5.41) is 12.0. The van der Waals surface area contributed by atoms with Crippen LogP contribution < -0.4 is 5.32 Å². The molecule has 0 saturated carbocycles. The Morgan fingerprint density at radius 2 is 2.11 bits per heavy atom. The summed E-state index contributed by atoms with van der Waals surface area (Å²) < 4.78 is 26.5. The molecule has 3 rings (SSSR count). The first kappa shape index (κ1) is 20.3. The van der Waals surface area contributed by atoms with Crippen LogP contribution in [-0.4, -0.2) is 55.4 Å². The summed E-state index contributed by atoms with van der Waals surface area (Å²) in [6, 6.07) is 4.69. The maximum absolute atomic E-state index is 12.7. The smallest absolute Gasteiger partial charge is 0.264 e. The third-order valence-corrected chi connectivity index (χ3v) is 5.26. The number of amides is 2. The van der Waals surface area contributed by atoms with Gasteiger partial charge < -0.3 is 15.3 Å². The summed E-state index contributed by atoms with van der Waals surface area (Å²) in [7, 11) is -3.44. The second kappa shape index (κ2) is 8.31. The van der Waals surface area contributed by atoms with E-state index in [1.807, 2.05) is 6.07 Å². The van der Waals surface area contributed by atoms with Crippen molar-refractivity contribution in [3.05, 3.63) is 34.9 Å². The minimum Gasteiger partial charge on any atom is -0.374 e. The van der Waals surface area contributed by atoms with E-state index < -0.39 is 22.4 Å². The normalized spacial score (nSPS) is 21.7. The van der Waals surface area contributed by atoms with Crippen LogP contribution in [0.4, 0.5) is 0 Å². The average molecular weight is 406 g/mol. The zero-order chi connectivity index (χ0) is 20.3. The molecule has 9 heteroatoms. The molecule has 0 spiro atoms. The van der Waals surface area contributed by atoms with Gasteiger partial charge in [0.05, 0.1) is 12.9 Å². The number of aliphatic hydroxyl groups is 1. The predicted octanol–water partition coefficient (Wildman–Crippen LogP) is 0.347. The summed E-state index contributed by atoms with van der Waals surface area (Å²) in [5.74, 6) is 5.44. The monoisotopic (exact) mass is 406 g/mol. The number of nitrogens with one attached hydrogen (secondary N) is 1. The van der Waals surface area contributed by atoms with E-state index in [1.54, 1.807) is 12.1 Å². The van der Waals surface area contributed by atoms with E-state index >= 15 is 0 Å². The van der Waals surface area contributed by atoms with Crippen LogP contribution in [0.5, 0.6) is 0 Å². The fraction of sp³-hybridized carbons (Fsp3) is 0.474. The highest BCUT2D eigenvalue weighted by Gasteiger charge is 2.39. The lowest BCUT2D eigenvalue weighted by Gasteiger charge is -2.32. The summed E-state index contributed by atoms with van der Waals surface area (Å²) >= 11 is 0. The first-order chi connectivity index (χ1) is 13.3. The van der Waals surface area contributed by atoms with Gasteiger partial charge in [0.2, 0.25) is 5.91 Å². The van der Waals surface area contributed by atoms with Crippen LogP contribution in [0.25, 0.3) is 0 Å². The molecule has 2 heterocycles. The van der Waals surface area contributed by atoms with E-state index in [0.717, 1.165) is 11.8 Å². The number of benzene rings is 1. The SMILES string of the molecule is CS(=O)(=O)OCCCC#Cc1cccc2c1CN(C1CCC(O)NC1=O)C2=O. The predicted molar refractivity (Wildman–Crippen MR) is 100 cm³/mol. The number of unbranched alkanes of at least 4 members (excludes halogenated alkanes) is 1. The molecule has 8 nitrogen and oxygen atoms in total. The quantitative estimate of drug-likeness (QED) is 0.414. The lowest BCUT2D eigenvalue weighted by molar-refractivity contribution is -0.132. The Balaban J connectivity index is 1.67. The van der Waals surface area contributed by atoms with Crippen LogP contribution in [0.15, 0.2) is 18.2 Å². The molecule has 2 unspecified atom stereocenters. The van der Waals surface area contributed by atoms with Crippen LogP contribution in [-0.2, 0) is 25.6 Å². The lowest BCUT2D eigenvalue weighted by atomic mass is 10.0. The lowest BCUT2D eigenvalue weighted by Crippen LogP contribution is -2.54. The van der Waals surface area contributed by atoms with E-state index in [9.17, 15) is 23.1 Å². The molecule has 2 aliphatic heterocycles. The van der Waals surface area contributed by atoms with Gasteiger partial charge in [-0.2, -0.15) is 8.42 Å². The molecule has 0 bridgehead atoms. The third-order valence-electron chi connectivity index (χ3n) is 4.66. The minimum absolute atomic E-state index is 0.0787. The first-order valence-corrected chi connectivity index (χ1v) is 10.8. The molecule has 1 saturated heterocycles. The van der Waals surface area contributed by atoms with Crippen LogP contribution in [0.2, 0.25) is 0 Å². The highest BCUT2D eigenvalue weighted by molar-refractivity contribution is 7.85. The minimum atomic E-state index is -3.44. The van der Waals surface area contributed by atoms with Gasteiger partial charge in [0.25, 0.3) is 16.0 Å². The van der Waals surface area contributed by atoms with E-state index in [4.69, 9.17) is 0 Å². The highest BCUT2D eigenvalue weighted by Crippen LogP contribution is 2.29. The van der Waals surface area contributed by atoms with Crippen molar-refractivity contribution in [3.63, 3.8) is 0 Å². The Morgan fingerprint density at radius 1 is 1.32 bits per heavy atom. The average Bonchev–Trinajstić information content (AvgIpc) is 2.95. The number of aliphatic hydroxyl groups excluding tert-OH is 1. The summed E-state index contributed by atoms with van der Waals surface area (Å²) in [4.78, 5) is 26.4. The zero-order valence-electron chi connectivity index (χ0n) is 15.5. The van der Waals surface area contributed by atoms with Gasteiger partial charge in [-0.3, -0.25) is 13.8 Å². The van der Waals surface area contributed by atoms with Gasteiger partial charge in [-0.25, -0.2) is 0 Å². The Bertz CT molecular complexity index is 947. The number of rotatable bonds is 5. The Labute approximate surface area is 164 Å². The Hall–Kier alpha value is -2.41. The second-order valence-electron chi connectivity index (χ2n) is 6.81. The van der Waals surface area contributed by atoms with Crippen LogP contribution >= 0.6 is 0 Å². The van der Waals surface area contributed by atoms with Crippen molar-refractivity contribution < 1.29 is 27.3 Å². The number of carbonyl (C=O) groups is 2. The number of piperidine rings is 1. The van der Waals surface area contributed by atoms with Gasteiger partial charge in [-0.05, 0) is 37.0 Å². The molecular formula is C19H22N2O6S. The van der Waals surface area contributed by atoms with Crippen molar-refractivity contribution in [1.29, 1.82) is 0 Å². The fourth-order valence-corrected chi connectivity index (χ4v) is 3.75. The van der Waals surface area contributed by atoms with Gasteiger partial charge in [-0.15, -0.1) is 0 Å². The number of nitrogens with zero attached hydrogens (tertiary/aromatic N) is 1. The van der Waals surface area contributed by atoms with Crippen LogP contribution in [0.1, 0.15) is 47.2 Å². The van der Waals surface area contributed by atoms with Crippen molar-refractivity contribution >= 4 is 21.9 Å². The molecule has 1 aromatic carbocycles. The van der Waals surface area contributed by atoms with Gasteiger partial charge >= 0.3 is 0 Å². The molecule has 2 atom stereocenters. The van der Waals surface area contributed by atoms with E-state index in [0.29, 0.717) is 43.4 Å². The molecule has 2 N–H and O–H groups in total. The molecule has 0 radical (unpaired) electrons.